The van der Waals surface area contributed by atoms with Gasteiger partial charge in [0.15, 0.2) is 0 Å². The molecule has 2 N–H and O–H groups in total. The largest absolute Gasteiger partial charge is 0.417 e. The SMILES string of the molecule is N#Cc1cc(CN)c(I)cc1C(F)(F)F. The number of hydrogen-bond donors (Lipinski definition) is 1. The van der Waals surface area contributed by atoms with Gasteiger partial charge in [0.2, 0.25) is 0 Å². The van der Waals surface area contributed by atoms with Crippen molar-refractivity contribution < 1.29 is 13.2 Å². The van der Waals surface area contributed by atoms with Gasteiger partial charge < -0.3 is 5.73 Å². The summed E-state index contributed by atoms with van der Waals surface area (Å²) in [6, 6.07) is 3.66. The minimum Gasteiger partial charge on any atom is -0.326 e. The third-order valence-corrected chi connectivity index (χ3v) is 2.84. The molecule has 0 saturated heterocycles. The standard InChI is InChI=1S/C9H6F3IN2/c10-9(11,12)7-2-8(13)6(4-15)1-5(7)3-14/h1-2H,4,15H2. The Morgan fingerprint density at radius 1 is 1.40 bits per heavy atom. The predicted molar refractivity (Wildman–Crippen MR) is 56.8 cm³/mol. The summed E-state index contributed by atoms with van der Waals surface area (Å²) in [5.41, 5.74) is 4.58. The molecule has 0 spiro atoms. The van der Waals surface area contributed by atoms with Crippen LogP contribution in [0.5, 0.6) is 0 Å². The van der Waals surface area contributed by atoms with Crippen LogP contribution in [-0.4, -0.2) is 0 Å². The summed E-state index contributed by atoms with van der Waals surface area (Å²) in [6.45, 7) is 0.116. The Labute approximate surface area is 98.0 Å². The molecule has 0 aliphatic carbocycles. The van der Waals surface area contributed by atoms with E-state index in [1.807, 2.05) is 0 Å². The van der Waals surface area contributed by atoms with E-state index in [-0.39, 0.29) is 12.1 Å². The zero-order valence-corrected chi connectivity index (χ0v) is 9.56. The number of rotatable bonds is 1. The molecule has 1 aromatic carbocycles. The fraction of sp³-hybridized carbons (Fsp3) is 0.222. The number of nitrogens with two attached hydrogens (primary N) is 1. The van der Waals surface area contributed by atoms with E-state index in [9.17, 15) is 13.2 Å². The molecular formula is C9H6F3IN2. The molecule has 0 saturated carbocycles. The highest BCUT2D eigenvalue weighted by atomic mass is 127. The lowest BCUT2D eigenvalue weighted by Crippen LogP contribution is -2.10. The lowest BCUT2D eigenvalue weighted by Gasteiger charge is -2.11. The van der Waals surface area contributed by atoms with Crippen LogP contribution in [0.25, 0.3) is 0 Å². The van der Waals surface area contributed by atoms with Crippen molar-refractivity contribution in [3.05, 3.63) is 32.4 Å². The molecule has 0 aliphatic heterocycles. The quantitative estimate of drug-likeness (QED) is 0.807. The molecule has 0 amide bonds. The van der Waals surface area contributed by atoms with Crippen molar-refractivity contribution in [2.24, 2.45) is 5.73 Å². The van der Waals surface area contributed by atoms with Crippen LogP contribution in [0, 0.1) is 14.9 Å². The lowest BCUT2D eigenvalue weighted by molar-refractivity contribution is -0.137. The van der Waals surface area contributed by atoms with E-state index in [2.05, 4.69) is 0 Å². The first kappa shape index (κ1) is 12.3. The lowest BCUT2D eigenvalue weighted by atomic mass is 10.0. The molecule has 0 bridgehead atoms. The second-order valence-corrected chi connectivity index (χ2v) is 3.97. The molecule has 0 heterocycles. The molecule has 15 heavy (non-hydrogen) atoms. The summed E-state index contributed by atoms with van der Waals surface area (Å²) in [5, 5.41) is 8.60. The van der Waals surface area contributed by atoms with E-state index in [4.69, 9.17) is 11.0 Å². The summed E-state index contributed by atoms with van der Waals surface area (Å²) in [4.78, 5) is 0. The smallest absolute Gasteiger partial charge is 0.326 e. The summed E-state index contributed by atoms with van der Waals surface area (Å²) in [6.07, 6.45) is -4.50. The summed E-state index contributed by atoms with van der Waals surface area (Å²) in [5.74, 6) is 0. The van der Waals surface area contributed by atoms with Crippen molar-refractivity contribution in [1.82, 2.24) is 0 Å². The Balaban J connectivity index is 3.43. The van der Waals surface area contributed by atoms with Gasteiger partial charge >= 0.3 is 6.18 Å². The highest BCUT2D eigenvalue weighted by molar-refractivity contribution is 14.1. The molecule has 0 radical (unpaired) electrons. The van der Waals surface area contributed by atoms with Gasteiger partial charge in [-0.15, -0.1) is 0 Å². The van der Waals surface area contributed by atoms with Crippen LogP contribution in [0.3, 0.4) is 0 Å². The van der Waals surface area contributed by atoms with Gasteiger partial charge in [-0.25, -0.2) is 0 Å². The van der Waals surface area contributed by atoms with Gasteiger partial charge in [0.1, 0.15) is 0 Å². The summed E-state index contributed by atoms with van der Waals surface area (Å²) < 4.78 is 37.8. The maximum Gasteiger partial charge on any atom is 0.417 e. The second kappa shape index (κ2) is 4.37. The molecule has 6 heteroatoms. The molecular weight excluding hydrogens is 320 g/mol. The van der Waals surface area contributed by atoms with E-state index >= 15 is 0 Å². The topological polar surface area (TPSA) is 49.8 Å². The highest BCUT2D eigenvalue weighted by Crippen LogP contribution is 2.33. The number of nitriles is 1. The van der Waals surface area contributed by atoms with Gasteiger partial charge in [-0.1, -0.05) is 0 Å². The zero-order valence-electron chi connectivity index (χ0n) is 7.40. The molecule has 0 aliphatic rings. The van der Waals surface area contributed by atoms with E-state index in [0.717, 1.165) is 6.07 Å². The molecule has 0 aromatic heterocycles. The molecule has 0 fully saturated rings. The fourth-order valence-electron chi connectivity index (χ4n) is 1.10. The number of halogens is 4. The van der Waals surface area contributed by atoms with Gasteiger partial charge in [0.05, 0.1) is 17.2 Å². The minimum absolute atomic E-state index is 0.116. The average Bonchev–Trinajstić information content (AvgIpc) is 2.16. The minimum atomic E-state index is -4.50. The third-order valence-electron chi connectivity index (χ3n) is 1.83. The Morgan fingerprint density at radius 3 is 2.40 bits per heavy atom. The molecule has 80 valence electrons. The fourth-order valence-corrected chi connectivity index (χ4v) is 1.79. The van der Waals surface area contributed by atoms with Crippen molar-refractivity contribution in [3.8, 4) is 6.07 Å². The highest BCUT2D eigenvalue weighted by Gasteiger charge is 2.34. The van der Waals surface area contributed by atoms with Crippen LogP contribution < -0.4 is 5.73 Å². The first-order valence-electron chi connectivity index (χ1n) is 3.90. The monoisotopic (exact) mass is 326 g/mol. The van der Waals surface area contributed by atoms with E-state index in [0.29, 0.717) is 9.13 Å². The zero-order chi connectivity index (χ0) is 11.6. The predicted octanol–water partition coefficient (Wildman–Crippen LogP) is 2.64. The van der Waals surface area contributed by atoms with Crippen LogP contribution in [0.1, 0.15) is 16.7 Å². The van der Waals surface area contributed by atoms with Crippen LogP contribution in [0.4, 0.5) is 13.2 Å². The Bertz CT molecular complexity index is 421. The van der Waals surface area contributed by atoms with E-state index < -0.39 is 11.7 Å². The van der Waals surface area contributed by atoms with Crippen molar-refractivity contribution >= 4 is 22.6 Å². The van der Waals surface area contributed by atoms with Crippen LogP contribution in [-0.2, 0) is 12.7 Å². The number of alkyl halides is 3. The number of hydrogen-bond acceptors (Lipinski definition) is 2. The molecule has 1 aromatic rings. The first-order valence-corrected chi connectivity index (χ1v) is 4.97. The van der Waals surface area contributed by atoms with Gasteiger partial charge in [0, 0.05) is 10.1 Å². The molecule has 0 atom stereocenters. The van der Waals surface area contributed by atoms with Gasteiger partial charge in [-0.05, 0) is 40.3 Å². The van der Waals surface area contributed by atoms with Crippen molar-refractivity contribution in [2.45, 2.75) is 12.7 Å². The van der Waals surface area contributed by atoms with Gasteiger partial charge in [-0.3, -0.25) is 0 Å². The van der Waals surface area contributed by atoms with Crippen molar-refractivity contribution in [2.75, 3.05) is 0 Å². The third kappa shape index (κ3) is 2.60. The Hall–Kier alpha value is -0.810. The maximum atomic E-state index is 12.5. The van der Waals surface area contributed by atoms with Gasteiger partial charge in [0.25, 0.3) is 0 Å². The maximum absolute atomic E-state index is 12.5. The van der Waals surface area contributed by atoms with E-state index in [1.165, 1.54) is 12.1 Å². The summed E-state index contributed by atoms with van der Waals surface area (Å²) in [7, 11) is 0. The Morgan fingerprint density at radius 2 is 2.00 bits per heavy atom. The Kier molecular flexibility index (Phi) is 3.57. The first-order chi connectivity index (χ1) is 6.90. The number of nitrogens with zero attached hydrogens (tertiary/aromatic N) is 1. The molecule has 2 nitrogen and oxygen atoms in total. The van der Waals surface area contributed by atoms with E-state index in [1.54, 1.807) is 22.6 Å². The van der Waals surface area contributed by atoms with Crippen LogP contribution >= 0.6 is 22.6 Å². The second-order valence-electron chi connectivity index (χ2n) is 2.80. The molecule has 1 rings (SSSR count). The average molecular weight is 326 g/mol. The summed E-state index contributed by atoms with van der Waals surface area (Å²) >= 11 is 1.77. The van der Waals surface area contributed by atoms with Gasteiger partial charge in [-0.2, -0.15) is 18.4 Å². The number of benzene rings is 1. The molecule has 0 unspecified atom stereocenters. The van der Waals surface area contributed by atoms with Crippen molar-refractivity contribution in [1.29, 1.82) is 5.26 Å². The normalized spacial score (nSPS) is 11.2. The van der Waals surface area contributed by atoms with Crippen LogP contribution in [0.15, 0.2) is 12.1 Å². The van der Waals surface area contributed by atoms with Crippen molar-refractivity contribution in [3.63, 3.8) is 0 Å². The van der Waals surface area contributed by atoms with Crippen LogP contribution in [0.2, 0.25) is 0 Å².